The second kappa shape index (κ2) is 5.92. The lowest BCUT2D eigenvalue weighted by atomic mass is 10.6. The van der Waals surface area contributed by atoms with Crippen molar-refractivity contribution >= 4 is 36.2 Å². The van der Waals surface area contributed by atoms with Crippen molar-refractivity contribution in [1.82, 2.24) is 4.98 Å². The first kappa shape index (κ1) is 12.8. The monoisotopic (exact) mass is 200 g/mol. The van der Waals surface area contributed by atoms with Crippen LogP contribution in [0.1, 0.15) is 9.88 Å². The standard InChI is InChI=1S/C5H8N2S.2ClH/c1-4-7-3-5(2-6)8-4;;/h3H,2,6H2,1H3;2*1H. The molecule has 5 heteroatoms. The SMILES string of the molecule is Cc1ncc(CN)s1.Cl.Cl. The molecule has 2 N–H and O–H groups in total. The molecule has 0 amide bonds. The van der Waals surface area contributed by atoms with Crippen LogP contribution in [0.4, 0.5) is 0 Å². The zero-order valence-electron chi connectivity index (χ0n) is 5.53. The number of hydrogen-bond donors (Lipinski definition) is 1. The maximum atomic E-state index is 5.33. The van der Waals surface area contributed by atoms with Gasteiger partial charge in [0.05, 0.1) is 5.01 Å². The van der Waals surface area contributed by atoms with Crippen LogP contribution in [-0.2, 0) is 6.54 Å². The lowest BCUT2D eigenvalue weighted by Gasteiger charge is -1.79. The summed E-state index contributed by atoms with van der Waals surface area (Å²) in [5.74, 6) is 0. The molecule has 60 valence electrons. The van der Waals surface area contributed by atoms with Gasteiger partial charge in [-0.2, -0.15) is 0 Å². The van der Waals surface area contributed by atoms with Crippen LogP contribution < -0.4 is 5.73 Å². The van der Waals surface area contributed by atoms with Crippen molar-refractivity contribution in [3.63, 3.8) is 0 Å². The average Bonchev–Trinajstić information content (AvgIpc) is 2.14. The minimum Gasteiger partial charge on any atom is -0.326 e. The van der Waals surface area contributed by atoms with Crippen LogP contribution in [0.15, 0.2) is 6.20 Å². The first-order valence-corrected chi connectivity index (χ1v) is 3.26. The molecule has 1 aromatic heterocycles. The molecule has 0 aliphatic heterocycles. The van der Waals surface area contributed by atoms with Crippen molar-refractivity contribution in [2.45, 2.75) is 13.5 Å². The van der Waals surface area contributed by atoms with Crippen LogP contribution in [0.2, 0.25) is 0 Å². The Kier molecular flexibility index (Phi) is 7.58. The molecule has 0 fully saturated rings. The van der Waals surface area contributed by atoms with E-state index in [2.05, 4.69) is 4.98 Å². The highest BCUT2D eigenvalue weighted by Crippen LogP contribution is 2.09. The largest absolute Gasteiger partial charge is 0.326 e. The molecule has 10 heavy (non-hydrogen) atoms. The topological polar surface area (TPSA) is 38.9 Å². The van der Waals surface area contributed by atoms with Crippen LogP contribution in [-0.4, -0.2) is 4.98 Å². The summed E-state index contributed by atoms with van der Waals surface area (Å²) < 4.78 is 0. The van der Waals surface area contributed by atoms with Gasteiger partial charge in [-0.05, 0) is 6.92 Å². The summed E-state index contributed by atoms with van der Waals surface area (Å²) in [6.45, 7) is 2.59. The molecule has 0 saturated carbocycles. The van der Waals surface area contributed by atoms with Gasteiger partial charge in [-0.25, -0.2) is 4.98 Å². The zero-order valence-corrected chi connectivity index (χ0v) is 7.98. The van der Waals surface area contributed by atoms with Crippen LogP contribution in [0.5, 0.6) is 0 Å². The highest BCUT2D eigenvalue weighted by atomic mass is 35.5. The Morgan fingerprint density at radius 1 is 1.60 bits per heavy atom. The van der Waals surface area contributed by atoms with E-state index in [0.717, 1.165) is 9.88 Å². The van der Waals surface area contributed by atoms with Crippen molar-refractivity contribution in [2.24, 2.45) is 5.73 Å². The van der Waals surface area contributed by atoms with Gasteiger partial charge in [0.2, 0.25) is 0 Å². The number of thiazole rings is 1. The lowest BCUT2D eigenvalue weighted by Crippen LogP contribution is -1.91. The van der Waals surface area contributed by atoms with E-state index in [-0.39, 0.29) is 24.8 Å². The first-order chi connectivity index (χ1) is 3.83. The van der Waals surface area contributed by atoms with Crippen molar-refractivity contribution in [1.29, 1.82) is 0 Å². The van der Waals surface area contributed by atoms with Crippen molar-refractivity contribution in [3.8, 4) is 0 Å². The van der Waals surface area contributed by atoms with E-state index in [1.165, 1.54) is 0 Å². The van der Waals surface area contributed by atoms with Crippen molar-refractivity contribution in [3.05, 3.63) is 16.1 Å². The van der Waals surface area contributed by atoms with E-state index in [0.29, 0.717) is 6.54 Å². The Morgan fingerprint density at radius 2 is 2.20 bits per heavy atom. The Bertz CT molecular complexity index is 178. The molecule has 1 aromatic rings. The average molecular weight is 201 g/mol. The molecule has 0 bridgehead atoms. The molecule has 0 radical (unpaired) electrons. The molecular formula is C5H10Cl2N2S. The van der Waals surface area contributed by atoms with Gasteiger partial charge in [0.15, 0.2) is 0 Å². The predicted molar refractivity (Wildman–Crippen MR) is 49.2 cm³/mol. The maximum absolute atomic E-state index is 5.33. The number of aromatic nitrogens is 1. The van der Waals surface area contributed by atoms with E-state index < -0.39 is 0 Å². The van der Waals surface area contributed by atoms with Gasteiger partial charge in [-0.3, -0.25) is 0 Å². The minimum atomic E-state index is 0. The number of aryl methyl sites for hydroxylation is 1. The summed E-state index contributed by atoms with van der Waals surface area (Å²) in [5.41, 5.74) is 5.33. The zero-order chi connectivity index (χ0) is 5.98. The lowest BCUT2D eigenvalue weighted by molar-refractivity contribution is 1.09. The summed E-state index contributed by atoms with van der Waals surface area (Å²) in [6, 6.07) is 0. The van der Waals surface area contributed by atoms with Gasteiger partial charge in [0.1, 0.15) is 0 Å². The summed E-state index contributed by atoms with van der Waals surface area (Å²) >= 11 is 1.65. The van der Waals surface area contributed by atoms with Gasteiger partial charge in [0, 0.05) is 17.6 Å². The third-order valence-corrected chi connectivity index (χ3v) is 1.81. The van der Waals surface area contributed by atoms with Gasteiger partial charge < -0.3 is 5.73 Å². The maximum Gasteiger partial charge on any atom is 0.0897 e. The van der Waals surface area contributed by atoms with Crippen LogP contribution in [0.25, 0.3) is 0 Å². The molecule has 1 rings (SSSR count). The third-order valence-electron chi connectivity index (χ3n) is 0.870. The quantitative estimate of drug-likeness (QED) is 0.751. The molecular weight excluding hydrogens is 191 g/mol. The van der Waals surface area contributed by atoms with Crippen molar-refractivity contribution < 1.29 is 0 Å². The van der Waals surface area contributed by atoms with Crippen LogP contribution >= 0.6 is 36.2 Å². The Labute approximate surface area is 76.7 Å². The third kappa shape index (κ3) is 3.37. The number of nitrogens with two attached hydrogens (primary N) is 1. The highest BCUT2D eigenvalue weighted by Gasteiger charge is 1.91. The van der Waals surface area contributed by atoms with Gasteiger partial charge >= 0.3 is 0 Å². The summed E-state index contributed by atoms with van der Waals surface area (Å²) in [6.07, 6.45) is 1.82. The fourth-order valence-corrected chi connectivity index (χ4v) is 1.17. The normalized spacial score (nSPS) is 7.80. The molecule has 0 unspecified atom stereocenters. The van der Waals surface area contributed by atoms with E-state index >= 15 is 0 Å². The molecule has 1 heterocycles. The fraction of sp³-hybridized carbons (Fsp3) is 0.400. The van der Waals surface area contributed by atoms with Gasteiger partial charge in [-0.15, -0.1) is 36.2 Å². The number of rotatable bonds is 1. The summed E-state index contributed by atoms with van der Waals surface area (Å²) in [5, 5.41) is 1.09. The van der Waals surface area contributed by atoms with Gasteiger partial charge in [0.25, 0.3) is 0 Å². The Balaban J connectivity index is 0. The summed E-state index contributed by atoms with van der Waals surface area (Å²) in [7, 11) is 0. The molecule has 0 spiro atoms. The van der Waals surface area contributed by atoms with E-state index in [1.807, 2.05) is 13.1 Å². The Hall–Kier alpha value is 0.170. The van der Waals surface area contributed by atoms with Crippen molar-refractivity contribution in [2.75, 3.05) is 0 Å². The predicted octanol–water partition coefficient (Wildman–Crippen LogP) is 1.75. The molecule has 0 atom stereocenters. The molecule has 0 aliphatic carbocycles. The van der Waals surface area contributed by atoms with E-state index in [1.54, 1.807) is 11.3 Å². The smallest absolute Gasteiger partial charge is 0.0897 e. The fourth-order valence-electron chi connectivity index (χ4n) is 0.500. The minimum absolute atomic E-state index is 0. The highest BCUT2D eigenvalue weighted by molar-refractivity contribution is 7.11. The van der Waals surface area contributed by atoms with Gasteiger partial charge in [-0.1, -0.05) is 0 Å². The molecule has 0 saturated heterocycles. The molecule has 2 nitrogen and oxygen atoms in total. The van der Waals surface area contributed by atoms with Crippen LogP contribution in [0, 0.1) is 6.92 Å². The van der Waals surface area contributed by atoms with Crippen LogP contribution in [0.3, 0.4) is 0 Å². The van der Waals surface area contributed by atoms with E-state index in [9.17, 15) is 0 Å². The van der Waals surface area contributed by atoms with E-state index in [4.69, 9.17) is 5.73 Å². The first-order valence-electron chi connectivity index (χ1n) is 2.44. The number of hydrogen-bond acceptors (Lipinski definition) is 3. The summed E-state index contributed by atoms with van der Waals surface area (Å²) in [4.78, 5) is 5.18. The second-order valence-electron chi connectivity index (χ2n) is 1.55. The number of halogens is 2. The molecule has 0 aliphatic rings. The number of nitrogens with zero attached hydrogens (tertiary/aromatic N) is 1. The Morgan fingerprint density at radius 3 is 2.40 bits per heavy atom. The second-order valence-corrected chi connectivity index (χ2v) is 2.87. The molecule has 0 aromatic carbocycles.